The Morgan fingerprint density at radius 1 is 1.35 bits per heavy atom. The maximum Gasteiger partial charge on any atom is 0.321 e. The fourth-order valence-corrected chi connectivity index (χ4v) is 1.60. The molecule has 20 heavy (non-hydrogen) atoms. The van der Waals surface area contributed by atoms with Gasteiger partial charge < -0.3 is 20.4 Å². The number of hydrogen-bond acceptors (Lipinski definition) is 3. The molecule has 1 rings (SSSR count). The third-order valence-electron chi connectivity index (χ3n) is 2.90. The van der Waals surface area contributed by atoms with E-state index in [1.54, 1.807) is 6.92 Å². The lowest BCUT2D eigenvalue weighted by molar-refractivity contribution is 0.0509. The highest BCUT2D eigenvalue weighted by Crippen LogP contribution is 2.18. The molecule has 0 bridgehead atoms. The number of aliphatic hydroxyl groups excluding tert-OH is 2. The third kappa shape index (κ3) is 4.14. The first-order chi connectivity index (χ1) is 9.31. The SMILES string of the molecule is CN(CC(C)(CO)CO)C(=O)Nc1ccc(F)cc1F. The molecule has 0 aromatic heterocycles. The smallest absolute Gasteiger partial charge is 0.321 e. The van der Waals surface area contributed by atoms with Gasteiger partial charge in [0.25, 0.3) is 0 Å². The number of halogens is 2. The third-order valence-corrected chi connectivity index (χ3v) is 2.90. The molecular weight excluding hydrogens is 270 g/mol. The number of benzene rings is 1. The first kappa shape index (κ1) is 16.3. The van der Waals surface area contributed by atoms with E-state index in [1.165, 1.54) is 11.9 Å². The van der Waals surface area contributed by atoms with Crippen molar-refractivity contribution in [2.45, 2.75) is 6.92 Å². The Morgan fingerprint density at radius 2 is 1.95 bits per heavy atom. The predicted molar refractivity (Wildman–Crippen MR) is 70.3 cm³/mol. The van der Waals surface area contributed by atoms with E-state index in [2.05, 4.69) is 5.32 Å². The first-order valence-corrected chi connectivity index (χ1v) is 6.00. The van der Waals surface area contributed by atoms with E-state index in [1.807, 2.05) is 0 Å². The molecule has 5 nitrogen and oxygen atoms in total. The van der Waals surface area contributed by atoms with Crippen LogP contribution in [0.1, 0.15) is 6.92 Å². The van der Waals surface area contributed by atoms with Crippen molar-refractivity contribution in [1.29, 1.82) is 0 Å². The molecule has 0 unspecified atom stereocenters. The van der Waals surface area contributed by atoms with Gasteiger partial charge in [-0.1, -0.05) is 6.92 Å². The van der Waals surface area contributed by atoms with Gasteiger partial charge in [-0.15, -0.1) is 0 Å². The summed E-state index contributed by atoms with van der Waals surface area (Å²) in [7, 11) is 1.44. The van der Waals surface area contributed by atoms with Crippen LogP contribution in [-0.4, -0.2) is 48.0 Å². The monoisotopic (exact) mass is 288 g/mol. The maximum absolute atomic E-state index is 13.4. The van der Waals surface area contributed by atoms with E-state index < -0.39 is 23.1 Å². The maximum atomic E-state index is 13.4. The Labute approximate surface area is 115 Å². The highest BCUT2D eigenvalue weighted by molar-refractivity contribution is 5.89. The zero-order chi connectivity index (χ0) is 15.3. The molecule has 7 heteroatoms. The molecule has 2 amide bonds. The lowest BCUT2D eigenvalue weighted by Crippen LogP contribution is -2.43. The fraction of sp³-hybridized carbons (Fsp3) is 0.462. The van der Waals surface area contributed by atoms with E-state index in [-0.39, 0.29) is 25.4 Å². The van der Waals surface area contributed by atoms with Crippen LogP contribution in [0.4, 0.5) is 19.3 Å². The van der Waals surface area contributed by atoms with Gasteiger partial charge in [0.05, 0.1) is 18.9 Å². The zero-order valence-electron chi connectivity index (χ0n) is 11.4. The van der Waals surface area contributed by atoms with Crippen molar-refractivity contribution in [2.24, 2.45) is 5.41 Å². The molecule has 0 aliphatic heterocycles. The Bertz CT molecular complexity index is 479. The van der Waals surface area contributed by atoms with Crippen LogP contribution in [0.2, 0.25) is 0 Å². The first-order valence-electron chi connectivity index (χ1n) is 6.00. The topological polar surface area (TPSA) is 72.8 Å². The van der Waals surface area contributed by atoms with Crippen LogP contribution < -0.4 is 5.32 Å². The van der Waals surface area contributed by atoms with Gasteiger partial charge in [-0.05, 0) is 12.1 Å². The molecule has 0 aliphatic carbocycles. The fourth-order valence-electron chi connectivity index (χ4n) is 1.60. The number of hydrogen-bond donors (Lipinski definition) is 3. The van der Waals surface area contributed by atoms with Gasteiger partial charge in [0.2, 0.25) is 0 Å². The van der Waals surface area contributed by atoms with Crippen LogP contribution in [0.25, 0.3) is 0 Å². The molecule has 0 aliphatic rings. The van der Waals surface area contributed by atoms with Gasteiger partial charge in [-0.2, -0.15) is 0 Å². The largest absolute Gasteiger partial charge is 0.396 e. The number of urea groups is 1. The summed E-state index contributed by atoms with van der Waals surface area (Å²) in [4.78, 5) is 13.1. The minimum Gasteiger partial charge on any atom is -0.396 e. The standard InChI is InChI=1S/C13H18F2N2O3/c1-13(7-18,8-19)6-17(2)12(20)16-11-4-3-9(14)5-10(11)15/h3-5,18-19H,6-8H2,1-2H3,(H,16,20). The molecule has 112 valence electrons. The van der Waals surface area contributed by atoms with Crippen LogP contribution in [0.15, 0.2) is 18.2 Å². The Kier molecular flexibility index (Phi) is 5.41. The van der Waals surface area contributed by atoms with Crippen molar-refractivity contribution < 1.29 is 23.8 Å². The summed E-state index contributed by atoms with van der Waals surface area (Å²) in [6, 6.07) is 2.20. The molecule has 0 spiro atoms. The lowest BCUT2D eigenvalue weighted by atomic mass is 9.92. The molecule has 0 saturated carbocycles. The number of carbonyl (C=O) groups excluding carboxylic acids is 1. The molecule has 3 N–H and O–H groups in total. The van der Waals surface area contributed by atoms with Crippen LogP contribution in [0.3, 0.4) is 0 Å². The number of anilines is 1. The van der Waals surface area contributed by atoms with Gasteiger partial charge in [-0.3, -0.25) is 0 Å². The highest BCUT2D eigenvalue weighted by Gasteiger charge is 2.26. The number of nitrogens with zero attached hydrogens (tertiary/aromatic N) is 1. The highest BCUT2D eigenvalue weighted by atomic mass is 19.1. The van der Waals surface area contributed by atoms with Crippen LogP contribution in [-0.2, 0) is 0 Å². The van der Waals surface area contributed by atoms with E-state index in [4.69, 9.17) is 10.2 Å². The summed E-state index contributed by atoms with van der Waals surface area (Å²) in [6.45, 7) is 1.09. The second-order valence-corrected chi connectivity index (χ2v) is 5.04. The molecule has 0 heterocycles. The zero-order valence-corrected chi connectivity index (χ0v) is 11.4. The van der Waals surface area contributed by atoms with Crippen LogP contribution in [0, 0.1) is 17.0 Å². The van der Waals surface area contributed by atoms with E-state index in [0.717, 1.165) is 12.1 Å². The second kappa shape index (κ2) is 6.62. The van der Waals surface area contributed by atoms with E-state index in [0.29, 0.717) is 6.07 Å². The normalized spacial score (nSPS) is 11.3. The quantitative estimate of drug-likeness (QED) is 0.767. The number of amides is 2. The summed E-state index contributed by atoms with van der Waals surface area (Å²) in [5.74, 6) is -1.61. The summed E-state index contributed by atoms with van der Waals surface area (Å²) in [5.41, 5.74) is -0.995. The Balaban J connectivity index is 2.71. The van der Waals surface area contributed by atoms with Crippen LogP contribution >= 0.6 is 0 Å². The van der Waals surface area contributed by atoms with Gasteiger partial charge in [0, 0.05) is 25.1 Å². The van der Waals surface area contributed by atoms with Crippen molar-refractivity contribution in [1.82, 2.24) is 4.90 Å². The number of carbonyl (C=O) groups is 1. The van der Waals surface area contributed by atoms with Crippen molar-refractivity contribution >= 4 is 11.7 Å². The van der Waals surface area contributed by atoms with E-state index >= 15 is 0 Å². The minimum absolute atomic E-state index is 0.0780. The molecule has 0 radical (unpaired) electrons. The number of nitrogens with one attached hydrogen (secondary N) is 1. The average Bonchev–Trinajstić information content (AvgIpc) is 2.41. The van der Waals surface area contributed by atoms with Gasteiger partial charge in [0.15, 0.2) is 0 Å². The average molecular weight is 288 g/mol. The molecule has 0 atom stereocenters. The molecular formula is C13H18F2N2O3. The summed E-state index contributed by atoms with van der Waals surface area (Å²) in [5, 5.41) is 20.6. The molecule has 0 fully saturated rings. The number of aliphatic hydroxyl groups is 2. The Morgan fingerprint density at radius 3 is 2.45 bits per heavy atom. The van der Waals surface area contributed by atoms with Gasteiger partial charge in [-0.25, -0.2) is 13.6 Å². The molecule has 1 aromatic rings. The molecule has 0 saturated heterocycles. The second-order valence-electron chi connectivity index (χ2n) is 5.04. The van der Waals surface area contributed by atoms with Crippen molar-refractivity contribution in [3.05, 3.63) is 29.8 Å². The van der Waals surface area contributed by atoms with Gasteiger partial charge >= 0.3 is 6.03 Å². The summed E-state index contributed by atoms with van der Waals surface area (Å²) >= 11 is 0. The van der Waals surface area contributed by atoms with Crippen LogP contribution in [0.5, 0.6) is 0 Å². The lowest BCUT2D eigenvalue weighted by Gasteiger charge is -2.30. The van der Waals surface area contributed by atoms with E-state index in [9.17, 15) is 13.6 Å². The van der Waals surface area contributed by atoms with Crippen molar-refractivity contribution in [2.75, 3.05) is 32.1 Å². The molecule has 1 aromatic carbocycles. The van der Waals surface area contributed by atoms with Crippen molar-refractivity contribution in [3.63, 3.8) is 0 Å². The van der Waals surface area contributed by atoms with Gasteiger partial charge in [0.1, 0.15) is 11.6 Å². The number of rotatable bonds is 5. The summed E-state index contributed by atoms with van der Waals surface area (Å²) in [6.07, 6.45) is 0. The minimum atomic E-state index is -0.876. The predicted octanol–water partition coefficient (Wildman–Crippen LogP) is 1.42. The summed E-state index contributed by atoms with van der Waals surface area (Å²) < 4.78 is 26.1. The van der Waals surface area contributed by atoms with Crippen molar-refractivity contribution in [3.8, 4) is 0 Å². The Hall–Kier alpha value is -1.73.